The summed E-state index contributed by atoms with van der Waals surface area (Å²) in [6.45, 7) is 2.57. The van der Waals surface area contributed by atoms with Gasteiger partial charge in [0.15, 0.2) is 0 Å². The summed E-state index contributed by atoms with van der Waals surface area (Å²) in [7, 11) is -3.70. The predicted molar refractivity (Wildman–Crippen MR) is 70.8 cm³/mol. The molecule has 0 unspecified atom stereocenters. The molecule has 0 aromatic heterocycles. The van der Waals surface area contributed by atoms with Crippen LogP contribution in [0.4, 0.5) is 0 Å². The van der Waals surface area contributed by atoms with Gasteiger partial charge in [-0.05, 0) is 30.7 Å². The Kier molecular flexibility index (Phi) is 4.42. The predicted octanol–water partition coefficient (Wildman–Crippen LogP) is 2.72. The molecule has 0 aliphatic carbocycles. The fourth-order valence-electron chi connectivity index (χ4n) is 1.67. The van der Waals surface area contributed by atoms with Gasteiger partial charge in [0.2, 0.25) is 0 Å². The molecule has 4 nitrogen and oxygen atoms in total. The van der Waals surface area contributed by atoms with Gasteiger partial charge in [-0.15, -0.1) is 0 Å². The Morgan fingerprint density at radius 1 is 1.44 bits per heavy atom. The van der Waals surface area contributed by atoms with E-state index < -0.39 is 10.1 Å². The molecule has 1 aromatic carbocycles. The lowest BCUT2D eigenvalue weighted by atomic mass is 10.2. The number of hydrogen-bond acceptors (Lipinski definition) is 4. The first-order valence-electron chi connectivity index (χ1n) is 5.83. The first-order valence-corrected chi connectivity index (χ1v) is 8.03. The van der Waals surface area contributed by atoms with Gasteiger partial charge in [-0.3, -0.25) is 4.18 Å². The van der Waals surface area contributed by atoms with Crippen LogP contribution in [0.25, 0.3) is 0 Å². The van der Waals surface area contributed by atoms with Gasteiger partial charge >= 0.3 is 0 Å². The van der Waals surface area contributed by atoms with Crippen LogP contribution < -0.4 is 0 Å². The molecule has 0 bridgehead atoms. The molecule has 100 valence electrons. The zero-order valence-electron chi connectivity index (χ0n) is 10.0. The average molecular weight is 335 g/mol. The topological polar surface area (TPSA) is 55.9 Å². The lowest BCUT2D eigenvalue weighted by Crippen LogP contribution is -2.23. The van der Waals surface area contributed by atoms with E-state index in [0.29, 0.717) is 13.0 Å². The first kappa shape index (κ1) is 14.0. The number of ether oxygens (including phenoxy) is 1. The first-order chi connectivity index (χ1) is 8.53. The Morgan fingerprint density at radius 3 is 2.56 bits per heavy atom. The van der Waals surface area contributed by atoms with Crippen LogP contribution in [0.3, 0.4) is 0 Å². The van der Waals surface area contributed by atoms with E-state index in [9.17, 15) is 8.42 Å². The van der Waals surface area contributed by atoms with Gasteiger partial charge < -0.3 is 4.74 Å². The fraction of sp³-hybridized carbons (Fsp3) is 0.500. The van der Waals surface area contributed by atoms with Crippen molar-refractivity contribution in [1.29, 1.82) is 0 Å². The van der Waals surface area contributed by atoms with Crippen molar-refractivity contribution in [3.05, 3.63) is 28.7 Å². The van der Waals surface area contributed by atoms with E-state index in [4.69, 9.17) is 8.92 Å². The summed E-state index contributed by atoms with van der Waals surface area (Å²) in [6.07, 6.45) is 1.10. The second kappa shape index (κ2) is 5.69. The number of rotatable bonds is 6. The van der Waals surface area contributed by atoms with Crippen molar-refractivity contribution in [2.24, 2.45) is 0 Å². The van der Waals surface area contributed by atoms with Crippen LogP contribution in [-0.4, -0.2) is 27.2 Å². The van der Waals surface area contributed by atoms with Crippen molar-refractivity contribution in [2.45, 2.75) is 36.9 Å². The third-order valence-electron chi connectivity index (χ3n) is 2.70. The molecule has 1 aliphatic rings. The molecule has 0 amide bonds. The van der Waals surface area contributed by atoms with E-state index in [-0.39, 0.29) is 17.1 Å². The zero-order valence-corrected chi connectivity index (χ0v) is 12.4. The van der Waals surface area contributed by atoms with Gasteiger partial charge in [0.1, 0.15) is 12.2 Å². The van der Waals surface area contributed by atoms with Crippen molar-refractivity contribution >= 4 is 26.0 Å². The molecule has 0 spiro atoms. The van der Waals surface area contributed by atoms with Gasteiger partial charge in [-0.2, -0.15) is 8.42 Å². The second-order valence-electron chi connectivity index (χ2n) is 4.20. The third kappa shape index (κ3) is 3.54. The van der Waals surface area contributed by atoms with Gasteiger partial charge in [-0.1, -0.05) is 29.3 Å². The van der Waals surface area contributed by atoms with Crippen molar-refractivity contribution in [1.82, 2.24) is 0 Å². The Bertz CT molecular complexity index is 493. The maximum atomic E-state index is 12.1. The molecule has 1 aromatic rings. The molecule has 6 heteroatoms. The van der Waals surface area contributed by atoms with Crippen molar-refractivity contribution in [3.63, 3.8) is 0 Å². The number of benzene rings is 1. The summed E-state index contributed by atoms with van der Waals surface area (Å²) in [6, 6.07) is 6.41. The highest BCUT2D eigenvalue weighted by molar-refractivity contribution is 9.10. The van der Waals surface area contributed by atoms with E-state index in [0.717, 1.165) is 10.9 Å². The van der Waals surface area contributed by atoms with Crippen molar-refractivity contribution in [2.75, 3.05) is 6.61 Å². The van der Waals surface area contributed by atoms with Gasteiger partial charge in [0, 0.05) is 4.47 Å². The van der Waals surface area contributed by atoms with Crippen LogP contribution in [-0.2, 0) is 19.0 Å². The molecule has 18 heavy (non-hydrogen) atoms. The second-order valence-corrected chi connectivity index (χ2v) is 6.69. The summed E-state index contributed by atoms with van der Waals surface area (Å²) in [5.41, 5.74) is 0. The number of halogens is 1. The highest BCUT2D eigenvalue weighted by atomic mass is 79.9. The SMILES string of the molecule is CCC[C@@H](OS(=O)(=O)c1ccc(Br)cc1)[C@H]1CO1. The van der Waals surface area contributed by atoms with E-state index in [1.165, 1.54) is 12.1 Å². The van der Waals surface area contributed by atoms with Crippen LogP contribution in [0.1, 0.15) is 19.8 Å². The summed E-state index contributed by atoms with van der Waals surface area (Å²) in [5, 5.41) is 0. The monoisotopic (exact) mass is 334 g/mol. The zero-order chi connectivity index (χ0) is 13.2. The van der Waals surface area contributed by atoms with Crippen molar-refractivity contribution < 1.29 is 17.3 Å². The van der Waals surface area contributed by atoms with E-state index in [1.807, 2.05) is 6.92 Å². The Hall–Kier alpha value is -0.430. The Balaban J connectivity index is 2.12. The fourth-order valence-corrected chi connectivity index (χ4v) is 3.06. The maximum absolute atomic E-state index is 12.1. The highest BCUT2D eigenvalue weighted by Gasteiger charge is 2.36. The molecule has 2 atom stereocenters. The summed E-state index contributed by atoms with van der Waals surface area (Å²) in [4.78, 5) is 0.174. The Morgan fingerprint density at radius 2 is 2.06 bits per heavy atom. The van der Waals surface area contributed by atoms with Gasteiger partial charge in [-0.25, -0.2) is 0 Å². The molecule has 1 aliphatic heterocycles. The largest absolute Gasteiger partial charge is 0.370 e. The summed E-state index contributed by atoms with van der Waals surface area (Å²) < 4.78 is 35.4. The van der Waals surface area contributed by atoms with E-state index in [1.54, 1.807) is 12.1 Å². The lowest BCUT2D eigenvalue weighted by Gasteiger charge is -2.14. The highest BCUT2D eigenvalue weighted by Crippen LogP contribution is 2.25. The van der Waals surface area contributed by atoms with Gasteiger partial charge in [0.05, 0.1) is 11.5 Å². The number of hydrogen-bond donors (Lipinski definition) is 0. The quantitative estimate of drug-likeness (QED) is 0.592. The van der Waals surface area contributed by atoms with Crippen LogP contribution in [0.2, 0.25) is 0 Å². The molecule has 0 radical (unpaired) electrons. The molecular formula is C12H15BrO4S. The average Bonchev–Trinajstić information content (AvgIpc) is 3.12. The van der Waals surface area contributed by atoms with Gasteiger partial charge in [0.25, 0.3) is 10.1 Å². The van der Waals surface area contributed by atoms with Crippen LogP contribution in [0.15, 0.2) is 33.6 Å². The minimum atomic E-state index is -3.70. The summed E-state index contributed by atoms with van der Waals surface area (Å²) >= 11 is 3.27. The molecule has 1 heterocycles. The van der Waals surface area contributed by atoms with E-state index >= 15 is 0 Å². The molecule has 1 fully saturated rings. The smallest absolute Gasteiger partial charge is 0.297 e. The maximum Gasteiger partial charge on any atom is 0.297 e. The van der Waals surface area contributed by atoms with E-state index in [2.05, 4.69) is 15.9 Å². The third-order valence-corrected chi connectivity index (χ3v) is 4.58. The summed E-state index contributed by atoms with van der Waals surface area (Å²) in [5.74, 6) is 0. The van der Waals surface area contributed by atoms with Crippen LogP contribution >= 0.6 is 15.9 Å². The minimum absolute atomic E-state index is 0.0739. The Labute approximate surface area is 116 Å². The molecule has 0 N–H and O–H groups in total. The van der Waals surface area contributed by atoms with Crippen molar-refractivity contribution in [3.8, 4) is 0 Å². The number of epoxide rings is 1. The molecule has 0 saturated carbocycles. The minimum Gasteiger partial charge on any atom is -0.370 e. The molecule has 2 rings (SSSR count). The molecule has 1 saturated heterocycles. The standard InChI is InChI=1S/C12H15BrO4S/c1-2-3-11(12-8-16-12)17-18(14,15)10-6-4-9(13)5-7-10/h4-7,11-12H,2-3,8H2,1H3/t11-,12-/m1/s1. The lowest BCUT2D eigenvalue weighted by molar-refractivity contribution is 0.156. The molecular weight excluding hydrogens is 320 g/mol. The van der Waals surface area contributed by atoms with Crippen LogP contribution in [0.5, 0.6) is 0 Å². The van der Waals surface area contributed by atoms with Crippen LogP contribution in [0, 0.1) is 0 Å². The normalized spacial score (nSPS) is 20.7.